The summed E-state index contributed by atoms with van der Waals surface area (Å²) in [5, 5.41) is 16.3. The van der Waals surface area contributed by atoms with E-state index < -0.39 is 23.9 Å². The van der Waals surface area contributed by atoms with Crippen molar-refractivity contribution in [3.63, 3.8) is 0 Å². The molecule has 1 aromatic heterocycles. The van der Waals surface area contributed by atoms with Crippen LogP contribution in [0.15, 0.2) is 55.1 Å². The lowest BCUT2D eigenvalue weighted by molar-refractivity contribution is 0.0594. The van der Waals surface area contributed by atoms with Gasteiger partial charge in [0, 0.05) is 40.0 Å². The number of hydrogen-bond acceptors (Lipinski definition) is 9. The lowest BCUT2D eigenvalue weighted by atomic mass is 9.94. The lowest BCUT2D eigenvalue weighted by Crippen LogP contribution is -2.31. The van der Waals surface area contributed by atoms with E-state index in [1.54, 1.807) is 42.5 Å². The van der Waals surface area contributed by atoms with Crippen LogP contribution >= 0.6 is 0 Å². The summed E-state index contributed by atoms with van der Waals surface area (Å²) in [5.41, 5.74) is 1.98. The molecule has 0 saturated heterocycles. The summed E-state index contributed by atoms with van der Waals surface area (Å²) < 4.78 is 15.7. The number of nitrogens with zero attached hydrogens (tertiary/aromatic N) is 1. The quantitative estimate of drug-likeness (QED) is 0.0648. The first kappa shape index (κ1) is 35.3. The number of alkyl carbamates (subject to hydrolysis) is 1. The SMILES string of the molecule is C=Cc1cc(C(=O)Nc2ccc(C(=N)NC(=O)OCCCCCC)cc2)c(-c2ccc(C(=O)NCC3CC3)nc2C(=O)OC)cc1OC. The van der Waals surface area contributed by atoms with Crippen LogP contribution in [0.3, 0.4) is 0 Å². The highest BCUT2D eigenvalue weighted by molar-refractivity contribution is 6.11. The molecule has 12 nitrogen and oxygen atoms in total. The molecule has 1 heterocycles. The van der Waals surface area contributed by atoms with Crippen molar-refractivity contribution >= 4 is 41.5 Å². The molecule has 1 aliphatic carbocycles. The van der Waals surface area contributed by atoms with Crippen LogP contribution in [0.5, 0.6) is 5.75 Å². The standard InChI is InChI=1S/C36H41N5O7/c1-5-7-8-9-18-48-36(45)41-32(37)24-12-14-25(15-13-24)39-33(42)28-19-23(6-2)30(46-3)20-27(28)26-16-17-29(40-31(26)35(44)47-4)34(43)38-21-22-10-11-22/h6,12-17,19-20,22H,2,5,7-11,18,21H2,1,3-4H3,(H,38,43)(H,39,42)(H2,37,41,45). The number of hydrogen-bond donors (Lipinski definition) is 4. The Morgan fingerprint density at radius 3 is 2.38 bits per heavy atom. The maximum Gasteiger partial charge on any atom is 0.412 e. The molecule has 3 aromatic rings. The molecule has 1 aliphatic rings. The van der Waals surface area contributed by atoms with E-state index in [2.05, 4.69) is 34.4 Å². The Hall–Kier alpha value is -5.52. The van der Waals surface area contributed by atoms with E-state index in [9.17, 15) is 19.2 Å². The Bertz CT molecular complexity index is 1680. The smallest absolute Gasteiger partial charge is 0.412 e. The van der Waals surface area contributed by atoms with Crippen molar-refractivity contribution in [2.45, 2.75) is 45.4 Å². The van der Waals surface area contributed by atoms with Gasteiger partial charge in [0.1, 0.15) is 17.3 Å². The minimum Gasteiger partial charge on any atom is -0.496 e. The molecule has 2 aromatic carbocycles. The summed E-state index contributed by atoms with van der Waals surface area (Å²) in [4.78, 5) is 55.9. The van der Waals surface area contributed by atoms with E-state index >= 15 is 0 Å². The Morgan fingerprint density at radius 1 is 0.979 bits per heavy atom. The number of carbonyl (C=O) groups is 4. The van der Waals surface area contributed by atoms with Crippen LogP contribution in [0.25, 0.3) is 17.2 Å². The van der Waals surface area contributed by atoms with E-state index in [0.717, 1.165) is 38.5 Å². The largest absolute Gasteiger partial charge is 0.496 e. The molecule has 4 rings (SSSR count). The molecule has 1 fully saturated rings. The van der Waals surface area contributed by atoms with Crippen molar-refractivity contribution in [3.8, 4) is 16.9 Å². The number of pyridine rings is 1. The van der Waals surface area contributed by atoms with Gasteiger partial charge >= 0.3 is 12.1 Å². The monoisotopic (exact) mass is 655 g/mol. The second-order valence-corrected chi connectivity index (χ2v) is 11.3. The minimum absolute atomic E-state index is 0.0425. The van der Waals surface area contributed by atoms with Crippen molar-refractivity contribution in [2.24, 2.45) is 5.92 Å². The van der Waals surface area contributed by atoms with Crippen LogP contribution in [-0.4, -0.2) is 62.1 Å². The maximum absolute atomic E-state index is 13.8. The van der Waals surface area contributed by atoms with Gasteiger partial charge in [-0.1, -0.05) is 38.8 Å². The summed E-state index contributed by atoms with van der Waals surface area (Å²) in [6.07, 6.45) is 6.84. The van der Waals surface area contributed by atoms with Crippen molar-refractivity contribution in [1.29, 1.82) is 5.41 Å². The summed E-state index contributed by atoms with van der Waals surface area (Å²) >= 11 is 0. The molecule has 3 amide bonds. The number of esters is 1. The van der Waals surface area contributed by atoms with E-state index in [1.165, 1.54) is 26.4 Å². The van der Waals surface area contributed by atoms with Gasteiger partial charge < -0.3 is 24.8 Å². The van der Waals surface area contributed by atoms with Gasteiger partial charge in [0.25, 0.3) is 11.8 Å². The molecule has 48 heavy (non-hydrogen) atoms. The summed E-state index contributed by atoms with van der Waals surface area (Å²) in [6, 6.07) is 12.6. The zero-order chi connectivity index (χ0) is 34.6. The molecule has 0 radical (unpaired) electrons. The number of carbonyl (C=O) groups excluding carboxylic acids is 4. The average molecular weight is 656 g/mol. The molecule has 4 N–H and O–H groups in total. The second kappa shape index (κ2) is 16.9. The molecule has 0 spiro atoms. The summed E-state index contributed by atoms with van der Waals surface area (Å²) in [6.45, 7) is 6.73. The zero-order valence-electron chi connectivity index (χ0n) is 27.4. The van der Waals surface area contributed by atoms with Gasteiger partial charge in [0.15, 0.2) is 5.69 Å². The number of ether oxygens (including phenoxy) is 3. The topological polar surface area (TPSA) is 169 Å². The maximum atomic E-state index is 13.8. The zero-order valence-corrected chi connectivity index (χ0v) is 27.4. The highest BCUT2D eigenvalue weighted by Gasteiger charge is 2.26. The molecular weight excluding hydrogens is 614 g/mol. The molecule has 12 heteroatoms. The Kier molecular flexibility index (Phi) is 12.4. The molecule has 0 bridgehead atoms. The first-order valence-corrected chi connectivity index (χ1v) is 15.9. The van der Waals surface area contributed by atoms with Crippen molar-refractivity contribution in [3.05, 3.63) is 83.2 Å². The predicted molar refractivity (Wildman–Crippen MR) is 183 cm³/mol. The van der Waals surface area contributed by atoms with E-state index in [4.69, 9.17) is 19.6 Å². The molecule has 252 valence electrons. The second-order valence-electron chi connectivity index (χ2n) is 11.3. The van der Waals surface area contributed by atoms with Gasteiger partial charge in [-0.25, -0.2) is 14.6 Å². The summed E-state index contributed by atoms with van der Waals surface area (Å²) in [5.74, 6) is -1.01. The van der Waals surface area contributed by atoms with Crippen molar-refractivity contribution < 1.29 is 33.4 Å². The van der Waals surface area contributed by atoms with Crippen LogP contribution in [0.1, 0.15) is 87.9 Å². The average Bonchev–Trinajstić information content (AvgIpc) is 3.94. The van der Waals surface area contributed by atoms with Gasteiger partial charge in [-0.15, -0.1) is 0 Å². The predicted octanol–water partition coefficient (Wildman–Crippen LogP) is 6.21. The van der Waals surface area contributed by atoms with Crippen LogP contribution in [0, 0.1) is 11.3 Å². The third kappa shape index (κ3) is 9.27. The third-order valence-corrected chi connectivity index (χ3v) is 7.77. The van der Waals surface area contributed by atoms with Crippen LogP contribution in [0.4, 0.5) is 10.5 Å². The molecule has 0 unspecified atom stereocenters. The number of anilines is 1. The fourth-order valence-corrected chi connectivity index (χ4v) is 4.87. The van der Waals surface area contributed by atoms with Gasteiger partial charge in [0.2, 0.25) is 0 Å². The van der Waals surface area contributed by atoms with Gasteiger partial charge in [-0.3, -0.25) is 20.3 Å². The van der Waals surface area contributed by atoms with Crippen LogP contribution in [-0.2, 0) is 9.47 Å². The van der Waals surface area contributed by atoms with Gasteiger partial charge in [0.05, 0.1) is 20.8 Å². The van der Waals surface area contributed by atoms with Gasteiger partial charge in [-0.05, 0) is 73.7 Å². The third-order valence-electron chi connectivity index (χ3n) is 7.77. The molecular formula is C36H41N5O7. The number of amidine groups is 1. The fourth-order valence-electron chi connectivity index (χ4n) is 4.87. The van der Waals surface area contributed by atoms with Crippen LogP contribution < -0.4 is 20.7 Å². The minimum atomic E-state index is -0.785. The molecule has 0 aliphatic heterocycles. The normalized spacial score (nSPS) is 12.0. The molecule has 0 atom stereocenters. The van der Waals surface area contributed by atoms with E-state index in [0.29, 0.717) is 40.6 Å². The number of nitrogens with one attached hydrogen (secondary N) is 4. The lowest BCUT2D eigenvalue weighted by Gasteiger charge is -2.17. The fraction of sp³-hybridized carbons (Fsp3) is 0.333. The number of amides is 3. The number of unbranched alkanes of at least 4 members (excludes halogenated alkanes) is 3. The van der Waals surface area contributed by atoms with Gasteiger partial charge in [-0.2, -0.15) is 0 Å². The van der Waals surface area contributed by atoms with E-state index in [1.807, 2.05) is 0 Å². The molecule has 1 saturated carbocycles. The highest BCUT2D eigenvalue weighted by Crippen LogP contribution is 2.34. The first-order chi connectivity index (χ1) is 23.2. The number of rotatable bonds is 15. The summed E-state index contributed by atoms with van der Waals surface area (Å²) in [7, 11) is 2.68. The highest BCUT2D eigenvalue weighted by atomic mass is 16.5. The number of methoxy groups -OCH3 is 2. The Balaban J connectivity index is 1.57. The Morgan fingerprint density at radius 2 is 1.73 bits per heavy atom. The van der Waals surface area contributed by atoms with Crippen LogP contribution in [0.2, 0.25) is 0 Å². The van der Waals surface area contributed by atoms with Crippen molar-refractivity contribution in [2.75, 3.05) is 32.7 Å². The van der Waals surface area contributed by atoms with E-state index in [-0.39, 0.29) is 35.0 Å². The number of benzene rings is 2. The Labute approximate surface area is 279 Å². The first-order valence-electron chi connectivity index (χ1n) is 15.9. The number of aromatic nitrogens is 1. The van der Waals surface area contributed by atoms with Crippen molar-refractivity contribution in [1.82, 2.24) is 15.6 Å².